The molecule has 1 aromatic carbocycles. The Kier molecular flexibility index (Phi) is 1.89. The lowest BCUT2D eigenvalue weighted by Crippen LogP contribution is -2.39. The molecule has 0 aromatic heterocycles. The van der Waals surface area contributed by atoms with Gasteiger partial charge in [-0.1, -0.05) is 18.2 Å². The number of hydrogen-bond donors (Lipinski definition) is 1. The zero-order chi connectivity index (χ0) is 8.60. The molecular formula is C10H13NS. The second kappa shape index (κ2) is 2.79. The molecule has 2 heteroatoms. The van der Waals surface area contributed by atoms with Crippen molar-refractivity contribution in [3.63, 3.8) is 0 Å². The van der Waals surface area contributed by atoms with Crippen LogP contribution in [0.1, 0.15) is 19.4 Å². The Balaban J connectivity index is 2.35. The van der Waals surface area contributed by atoms with Gasteiger partial charge >= 0.3 is 0 Å². The summed E-state index contributed by atoms with van der Waals surface area (Å²) in [5, 5.41) is 0. The lowest BCUT2D eigenvalue weighted by Gasteiger charge is -2.31. The fraction of sp³-hybridized carbons (Fsp3) is 0.400. The molecule has 0 bridgehead atoms. The first kappa shape index (κ1) is 8.14. The van der Waals surface area contributed by atoms with Gasteiger partial charge in [-0.15, -0.1) is 0 Å². The van der Waals surface area contributed by atoms with E-state index in [4.69, 9.17) is 0 Å². The summed E-state index contributed by atoms with van der Waals surface area (Å²) in [5.41, 5.74) is 1.70. The molecule has 2 rings (SSSR count). The van der Waals surface area contributed by atoms with E-state index in [0.717, 1.165) is 6.42 Å². The molecule has 0 atom stereocenters. The van der Waals surface area contributed by atoms with Gasteiger partial charge in [0.2, 0.25) is 0 Å². The largest absolute Gasteiger partial charge is 0.254 e. The molecule has 0 saturated carbocycles. The van der Waals surface area contributed by atoms with Crippen molar-refractivity contribution in [2.45, 2.75) is 30.7 Å². The number of fused-ring (bicyclic) bond motifs is 1. The minimum atomic E-state index is 0.235. The highest BCUT2D eigenvalue weighted by Crippen LogP contribution is 2.31. The van der Waals surface area contributed by atoms with Gasteiger partial charge in [-0.3, -0.25) is 4.72 Å². The van der Waals surface area contributed by atoms with Crippen molar-refractivity contribution in [3.8, 4) is 0 Å². The van der Waals surface area contributed by atoms with Crippen molar-refractivity contribution in [1.29, 1.82) is 0 Å². The van der Waals surface area contributed by atoms with Gasteiger partial charge in [0.05, 0.1) is 0 Å². The Morgan fingerprint density at radius 3 is 2.92 bits per heavy atom. The van der Waals surface area contributed by atoms with Gasteiger partial charge in [0, 0.05) is 10.4 Å². The van der Waals surface area contributed by atoms with E-state index in [0.29, 0.717) is 0 Å². The van der Waals surface area contributed by atoms with E-state index < -0.39 is 0 Å². The van der Waals surface area contributed by atoms with Crippen molar-refractivity contribution in [3.05, 3.63) is 29.8 Å². The third-order valence-electron chi connectivity index (χ3n) is 2.04. The average Bonchev–Trinajstić information content (AvgIpc) is 2.02. The quantitative estimate of drug-likeness (QED) is 0.614. The van der Waals surface area contributed by atoms with Crippen LogP contribution in [0, 0.1) is 0 Å². The standard InChI is InChI=1S/C10H13NS/c1-10(2)7-8-5-3-4-6-9(8)12-11-10/h3-6,11H,7H2,1-2H3. The van der Waals surface area contributed by atoms with Gasteiger partial charge in [0.15, 0.2) is 0 Å². The van der Waals surface area contributed by atoms with E-state index in [-0.39, 0.29) is 5.54 Å². The Morgan fingerprint density at radius 1 is 1.33 bits per heavy atom. The van der Waals surface area contributed by atoms with E-state index in [9.17, 15) is 0 Å². The lowest BCUT2D eigenvalue weighted by molar-refractivity contribution is 0.466. The SMILES string of the molecule is CC1(C)Cc2ccccc2SN1. The summed E-state index contributed by atoms with van der Waals surface area (Å²) >= 11 is 1.75. The smallest absolute Gasteiger partial charge is 0.0270 e. The minimum Gasteiger partial charge on any atom is -0.254 e. The predicted molar refractivity (Wildman–Crippen MR) is 53.2 cm³/mol. The van der Waals surface area contributed by atoms with Gasteiger partial charge in [-0.2, -0.15) is 0 Å². The second-order valence-corrected chi connectivity index (χ2v) is 4.72. The van der Waals surface area contributed by atoms with E-state index in [1.54, 1.807) is 11.9 Å². The van der Waals surface area contributed by atoms with Crippen LogP contribution in [0.5, 0.6) is 0 Å². The van der Waals surface area contributed by atoms with Crippen LogP contribution in [-0.4, -0.2) is 5.54 Å². The fourth-order valence-electron chi connectivity index (χ4n) is 1.45. The Bertz CT molecular complexity index is 294. The van der Waals surface area contributed by atoms with Crippen molar-refractivity contribution < 1.29 is 0 Å². The first-order valence-electron chi connectivity index (χ1n) is 4.19. The maximum absolute atomic E-state index is 3.43. The van der Waals surface area contributed by atoms with Crippen LogP contribution < -0.4 is 4.72 Å². The van der Waals surface area contributed by atoms with Crippen LogP contribution in [0.3, 0.4) is 0 Å². The molecule has 64 valence electrons. The summed E-state index contributed by atoms with van der Waals surface area (Å²) < 4.78 is 3.43. The molecule has 1 nitrogen and oxygen atoms in total. The summed E-state index contributed by atoms with van der Waals surface area (Å²) in [6, 6.07) is 8.58. The summed E-state index contributed by atoms with van der Waals surface area (Å²) in [6.45, 7) is 4.46. The highest BCUT2D eigenvalue weighted by Gasteiger charge is 2.24. The molecule has 0 amide bonds. The number of benzene rings is 1. The van der Waals surface area contributed by atoms with Gasteiger partial charge in [-0.05, 0) is 43.8 Å². The Hall–Kier alpha value is -0.470. The molecule has 0 saturated heterocycles. The number of hydrogen-bond acceptors (Lipinski definition) is 2. The summed E-state index contributed by atoms with van der Waals surface area (Å²) in [7, 11) is 0. The molecule has 1 aromatic rings. The third-order valence-corrected chi connectivity index (χ3v) is 3.32. The van der Waals surface area contributed by atoms with E-state index >= 15 is 0 Å². The molecule has 0 fully saturated rings. The zero-order valence-corrected chi connectivity index (χ0v) is 8.24. The maximum atomic E-state index is 3.43. The zero-order valence-electron chi connectivity index (χ0n) is 7.42. The Labute approximate surface area is 77.7 Å². The van der Waals surface area contributed by atoms with E-state index in [1.807, 2.05) is 0 Å². The fourth-order valence-corrected chi connectivity index (χ4v) is 2.33. The molecule has 1 aliphatic rings. The lowest BCUT2D eigenvalue weighted by atomic mass is 9.96. The van der Waals surface area contributed by atoms with E-state index in [1.165, 1.54) is 10.5 Å². The molecular weight excluding hydrogens is 166 g/mol. The first-order chi connectivity index (χ1) is 5.67. The highest BCUT2D eigenvalue weighted by molar-refractivity contribution is 7.97. The van der Waals surface area contributed by atoms with Crippen LogP contribution in [0.25, 0.3) is 0 Å². The number of nitrogens with one attached hydrogen (secondary N) is 1. The molecule has 0 aliphatic carbocycles. The van der Waals surface area contributed by atoms with Crippen molar-refractivity contribution in [1.82, 2.24) is 4.72 Å². The predicted octanol–water partition coefficient (Wildman–Crippen LogP) is 2.62. The summed E-state index contributed by atoms with van der Waals surface area (Å²) in [4.78, 5) is 1.37. The van der Waals surface area contributed by atoms with E-state index in [2.05, 4.69) is 42.8 Å². The topological polar surface area (TPSA) is 12.0 Å². The second-order valence-electron chi connectivity index (χ2n) is 3.87. The van der Waals surface area contributed by atoms with Crippen LogP contribution in [0.4, 0.5) is 0 Å². The molecule has 1 aliphatic heterocycles. The first-order valence-corrected chi connectivity index (χ1v) is 5.01. The van der Waals surface area contributed by atoms with Crippen LogP contribution in [-0.2, 0) is 6.42 Å². The van der Waals surface area contributed by atoms with Gasteiger partial charge in [0.1, 0.15) is 0 Å². The van der Waals surface area contributed by atoms with Gasteiger partial charge in [0.25, 0.3) is 0 Å². The Morgan fingerprint density at radius 2 is 2.08 bits per heavy atom. The maximum Gasteiger partial charge on any atom is 0.0270 e. The van der Waals surface area contributed by atoms with Crippen molar-refractivity contribution in [2.75, 3.05) is 0 Å². The normalized spacial score (nSPS) is 20.2. The molecule has 1 N–H and O–H groups in total. The average molecular weight is 179 g/mol. The van der Waals surface area contributed by atoms with Gasteiger partial charge in [-0.25, -0.2) is 0 Å². The van der Waals surface area contributed by atoms with Gasteiger partial charge < -0.3 is 0 Å². The molecule has 0 unspecified atom stereocenters. The van der Waals surface area contributed by atoms with Crippen LogP contribution >= 0.6 is 11.9 Å². The third kappa shape index (κ3) is 1.50. The summed E-state index contributed by atoms with van der Waals surface area (Å²) in [6.07, 6.45) is 1.12. The van der Waals surface area contributed by atoms with Crippen LogP contribution in [0.15, 0.2) is 29.2 Å². The molecule has 0 spiro atoms. The van der Waals surface area contributed by atoms with Crippen molar-refractivity contribution in [2.24, 2.45) is 0 Å². The molecule has 12 heavy (non-hydrogen) atoms. The molecule has 1 heterocycles. The summed E-state index contributed by atoms with van der Waals surface area (Å²) in [5.74, 6) is 0. The molecule has 0 radical (unpaired) electrons. The van der Waals surface area contributed by atoms with Crippen molar-refractivity contribution >= 4 is 11.9 Å². The number of rotatable bonds is 0. The van der Waals surface area contributed by atoms with Crippen LogP contribution in [0.2, 0.25) is 0 Å². The monoisotopic (exact) mass is 179 g/mol. The minimum absolute atomic E-state index is 0.235. The highest BCUT2D eigenvalue weighted by atomic mass is 32.2.